The first-order valence-electron chi connectivity index (χ1n) is 8.28. The summed E-state index contributed by atoms with van der Waals surface area (Å²) in [5, 5.41) is 14.7. The molecule has 0 aliphatic rings. The van der Waals surface area contributed by atoms with Crippen LogP contribution >= 0.6 is 0 Å². The number of hydrogen-bond donors (Lipinski definition) is 3. The lowest BCUT2D eigenvalue weighted by Gasteiger charge is -2.12. The number of halogens is 1. The standard InChI is InChI=1S/C21H19FN2O2/c22-18-10-8-15(9-11-18)17-5-3-6-19(14-17)23-21(26)24-20-7-2-1-4-16(20)12-13-25/h1-11,14,25H,12-13H2,(H2,23,24,26). The van der Waals surface area contributed by atoms with Gasteiger partial charge in [-0.25, -0.2) is 9.18 Å². The second-order valence-corrected chi connectivity index (χ2v) is 5.80. The Morgan fingerprint density at radius 1 is 0.885 bits per heavy atom. The third-order valence-corrected chi connectivity index (χ3v) is 3.94. The number of carbonyl (C=O) groups is 1. The van der Waals surface area contributed by atoms with Gasteiger partial charge in [0.2, 0.25) is 0 Å². The minimum absolute atomic E-state index is 0.0139. The highest BCUT2D eigenvalue weighted by Gasteiger charge is 2.07. The van der Waals surface area contributed by atoms with Crippen LogP contribution in [-0.4, -0.2) is 17.7 Å². The van der Waals surface area contributed by atoms with E-state index in [4.69, 9.17) is 5.11 Å². The van der Waals surface area contributed by atoms with Crippen LogP contribution in [0.25, 0.3) is 11.1 Å². The van der Waals surface area contributed by atoms with Crippen molar-refractivity contribution in [1.82, 2.24) is 0 Å². The summed E-state index contributed by atoms with van der Waals surface area (Å²) in [6.07, 6.45) is 0.469. The normalized spacial score (nSPS) is 10.4. The molecule has 26 heavy (non-hydrogen) atoms. The van der Waals surface area contributed by atoms with Gasteiger partial charge < -0.3 is 15.7 Å². The maximum Gasteiger partial charge on any atom is 0.323 e. The van der Waals surface area contributed by atoms with Crippen molar-refractivity contribution in [2.45, 2.75) is 6.42 Å². The van der Waals surface area contributed by atoms with Gasteiger partial charge in [0.15, 0.2) is 0 Å². The van der Waals surface area contributed by atoms with E-state index in [-0.39, 0.29) is 18.5 Å². The van der Waals surface area contributed by atoms with Gasteiger partial charge in [-0.3, -0.25) is 0 Å². The first kappa shape index (κ1) is 17.6. The fraction of sp³-hybridized carbons (Fsp3) is 0.0952. The molecule has 0 aromatic heterocycles. The lowest BCUT2D eigenvalue weighted by molar-refractivity contribution is 0.262. The van der Waals surface area contributed by atoms with Crippen molar-refractivity contribution < 1.29 is 14.3 Å². The number of aliphatic hydroxyl groups excluding tert-OH is 1. The number of para-hydroxylation sites is 1. The molecule has 0 aliphatic heterocycles. The molecule has 0 fully saturated rings. The number of amides is 2. The molecule has 132 valence electrons. The number of benzene rings is 3. The predicted octanol–water partition coefficient (Wildman–Crippen LogP) is 4.67. The Bertz CT molecular complexity index is 895. The Morgan fingerprint density at radius 2 is 1.65 bits per heavy atom. The van der Waals surface area contributed by atoms with Crippen LogP contribution in [0.3, 0.4) is 0 Å². The Morgan fingerprint density at radius 3 is 2.42 bits per heavy atom. The fourth-order valence-corrected chi connectivity index (χ4v) is 2.68. The lowest BCUT2D eigenvalue weighted by atomic mass is 10.1. The number of urea groups is 1. The second kappa shape index (κ2) is 8.27. The molecule has 4 nitrogen and oxygen atoms in total. The summed E-state index contributed by atoms with van der Waals surface area (Å²) < 4.78 is 13.1. The first-order chi connectivity index (χ1) is 12.7. The first-order valence-corrected chi connectivity index (χ1v) is 8.28. The van der Waals surface area contributed by atoms with E-state index >= 15 is 0 Å². The van der Waals surface area contributed by atoms with Crippen LogP contribution in [0.2, 0.25) is 0 Å². The predicted molar refractivity (Wildman–Crippen MR) is 102 cm³/mol. The molecule has 3 aromatic carbocycles. The van der Waals surface area contributed by atoms with Crippen LogP contribution in [0.4, 0.5) is 20.6 Å². The van der Waals surface area contributed by atoms with Gasteiger partial charge in [0.1, 0.15) is 5.82 Å². The molecular weight excluding hydrogens is 331 g/mol. The molecule has 0 heterocycles. The van der Waals surface area contributed by atoms with Crippen molar-refractivity contribution in [1.29, 1.82) is 0 Å². The van der Waals surface area contributed by atoms with Gasteiger partial charge in [0, 0.05) is 18.0 Å². The van der Waals surface area contributed by atoms with E-state index in [2.05, 4.69) is 10.6 Å². The number of carbonyl (C=O) groups excluding carboxylic acids is 1. The number of nitrogens with one attached hydrogen (secondary N) is 2. The van der Waals surface area contributed by atoms with Crippen LogP contribution in [0.1, 0.15) is 5.56 Å². The zero-order chi connectivity index (χ0) is 18.4. The van der Waals surface area contributed by atoms with Crippen LogP contribution < -0.4 is 10.6 Å². The van der Waals surface area contributed by atoms with Gasteiger partial charge in [0.25, 0.3) is 0 Å². The molecule has 3 N–H and O–H groups in total. The summed E-state index contributed by atoms with van der Waals surface area (Å²) in [7, 11) is 0. The number of rotatable bonds is 5. The minimum atomic E-state index is -0.369. The summed E-state index contributed by atoms with van der Waals surface area (Å²) in [5.41, 5.74) is 3.90. The van der Waals surface area contributed by atoms with Crippen LogP contribution in [-0.2, 0) is 6.42 Å². The maximum absolute atomic E-state index is 13.1. The summed E-state index contributed by atoms with van der Waals surface area (Å²) in [5.74, 6) is -0.288. The molecule has 0 spiro atoms. The van der Waals surface area contributed by atoms with Gasteiger partial charge in [0.05, 0.1) is 0 Å². The average molecular weight is 350 g/mol. The number of anilines is 2. The smallest absolute Gasteiger partial charge is 0.323 e. The minimum Gasteiger partial charge on any atom is -0.396 e. The Kier molecular flexibility index (Phi) is 5.61. The molecule has 0 saturated heterocycles. The Balaban J connectivity index is 1.72. The van der Waals surface area contributed by atoms with Crippen molar-refractivity contribution in [3.63, 3.8) is 0 Å². The van der Waals surface area contributed by atoms with E-state index in [1.165, 1.54) is 12.1 Å². The Hall–Kier alpha value is -3.18. The van der Waals surface area contributed by atoms with Crippen LogP contribution in [0, 0.1) is 5.82 Å². The molecule has 0 saturated carbocycles. The van der Waals surface area contributed by atoms with Crippen molar-refractivity contribution in [3.05, 3.63) is 84.2 Å². The molecule has 3 rings (SSSR count). The molecule has 2 amide bonds. The third-order valence-electron chi connectivity index (χ3n) is 3.94. The van der Waals surface area contributed by atoms with E-state index in [1.54, 1.807) is 24.3 Å². The SMILES string of the molecule is O=C(Nc1cccc(-c2ccc(F)cc2)c1)Nc1ccccc1CCO. The highest BCUT2D eigenvalue weighted by atomic mass is 19.1. The highest BCUT2D eigenvalue weighted by Crippen LogP contribution is 2.23. The maximum atomic E-state index is 13.1. The van der Waals surface area contributed by atoms with Crippen LogP contribution in [0.5, 0.6) is 0 Å². The number of hydrogen-bond acceptors (Lipinski definition) is 2. The van der Waals surface area contributed by atoms with Crippen molar-refractivity contribution in [2.24, 2.45) is 0 Å². The van der Waals surface area contributed by atoms with Crippen molar-refractivity contribution in [3.8, 4) is 11.1 Å². The van der Waals surface area contributed by atoms with Gasteiger partial charge in [-0.05, 0) is 53.4 Å². The van der Waals surface area contributed by atoms with E-state index in [0.29, 0.717) is 17.8 Å². The number of aliphatic hydroxyl groups is 1. The van der Waals surface area contributed by atoms with Crippen molar-refractivity contribution in [2.75, 3.05) is 17.2 Å². The largest absolute Gasteiger partial charge is 0.396 e. The van der Waals surface area contributed by atoms with Crippen molar-refractivity contribution >= 4 is 17.4 Å². The zero-order valence-electron chi connectivity index (χ0n) is 14.1. The summed E-state index contributed by atoms with van der Waals surface area (Å²) in [4.78, 5) is 12.3. The van der Waals surface area contributed by atoms with Gasteiger partial charge in [-0.2, -0.15) is 0 Å². The van der Waals surface area contributed by atoms with Gasteiger partial charge in [-0.15, -0.1) is 0 Å². The quantitative estimate of drug-likeness (QED) is 0.626. The van der Waals surface area contributed by atoms with E-state index in [9.17, 15) is 9.18 Å². The summed E-state index contributed by atoms with van der Waals surface area (Å²) in [6.45, 7) is 0.0139. The summed E-state index contributed by atoms with van der Waals surface area (Å²) in [6, 6.07) is 20.5. The molecule has 3 aromatic rings. The molecule has 0 bridgehead atoms. The second-order valence-electron chi connectivity index (χ2n) is 5.80. The molecule has 5 heteroatoms. The monoisotopic (exact) mass is 350 g/mol. The van der Waals surface area contributed by atoms with E-state index in [1.807, 2.05) is 36.4 Å². The summed E-state index contributed by atoms with van der Waals surface area (Å²) >= 11 is 0. The molecule has 0 atom stereocenters. The third kappa shape index (κ3) is 4.46. The highest BCUT2D eigenvalue weighted by molar-refractivity contribution is 6.00. The Labute approximate surface area is 151 Å². The van der Waals surface area contributed by atoms with Gasteiger partial charge >= 0.3 is 6.03 Å². The zero-order valence-corrected chi connectivity index (χ0v) is 14.1. The fourth-order valence-electron chi connectivity index (χ4n) is 2.68. The molecular formula is C21H19FN2O2. The lowest BCUT2D eigenvalue weighted by Crippen LogP contribution is -2.20. The average Bonchev–Trinajstić information content (AvgIpc) is 2.64. The van der Waals surface area contributed by atoms with Gasteiger partial charge in [-0.1, -0.05) is 42.5 Å². The van der Waals surface area contributed by atoms with E-state index < -0.39 is 0 Å². The molecule has 0 radical (unpaired) electrons. The topological polar surface area (TPSA) is 61.4 Å². The van der Waals surface area contributed by atoms with Crippen LogP contribution in [0.15, 0.2) is 72.8 Å². The van der Waals surface area contributed by atoms with E-state index in [0.717, 1.165) is 16.7 Å². The molecule has 0 unspecified atom stereocenters. The molecule has 0 aliphatic carbocycles.